The van der Waals surface area contributed by atoms with Crippen LogP contribution < -0.4 is 5.73 Å². The van der Waals surface area contributed by atoms with E-state index >= 15 is 0 Å². The Labute approximate surface area is 62.7 Å². The summed E-state index contributed by atoms with van der Waals surface area (Å²) in [6, 6.07) is 0. The molecule has 0 bridgehead atoms. The van der Waals surface area contributed by atoms with Gasteiger partial charge in [-0.3, -0.25) is 0 Å². The maximum Gasteiger partial charge on any atom is 0.0576 e. The average Bonchev–Trinajstić information content (AvgIpc) is 2.41. The van der Waals surface area contributed by atoms with Crippen molar-refractivity contribution in [2.24, 2.45) is 5.73 Å². The van der Waals surface area contributed by atoms with Gasteiger partial charge in [0.15, 0.2) is 0 Å². The summed E-state index contributed by atoms with van der Waals surface area (Å²) in [7, 11) is 0. The molecule has 60 valence electrons. The fourth-order valence-corrected chi connectivity index (χ4v) is 1.39. The lowest BCUT2D eigenvalue weighted by molar-refractivity contribution is 0.102. The Morgan fingerprint density at radius 1 is 1.40 bits per heavy atom. The van der Waals surface area contributed by atoms with E-state index in [0.717, 1.165) is 19.6 Å². The second kappa shape index (κ2) is 4.69. The molecule has 10 heavy (non-hydrogen) atoms. The van der Waals surface area contributed by atoms with Crippen LogP contribution in [0.3, 0.4) is 0 Å². The normalized spacial score (nSPS) is 25.5. The highest BCUT2D eigenvalue weighted by Crippen LogP contribution is 2.16. The maximum atomic E-state index is 5.46. The van der Waals surface area contributed by atoms with Gasteiger partial charge in [-0.2, -0.15) is 0 Å². The minimum atomic E-state index is 0.562. The lowest BCUT2D eigenvalue weighted by atomic mass is 10.1. The first-order valence-corrected chi connectivity index (χ1v) is 4.25. The number of ether oxygens (including phenoxy) is 1. The van der Waals surface area contributed by atoms with E-state index in [1.165, 1.54) is 25.7 Å². The topological polar surface area (TPSA) is 35.2 Å². The maximum absolute atomic E-state index is 5.46. The Bertz CT molecular complexity index is 79.3. The van der Waals surface area contributed by atoms with E-state index in [-0.39, 0.29) is 0 Å². The Kier molecular flexibility index (Phi) is 3.76. The highest BCUT2D eigenvalue weighted by Gasteiger charge is 2.13. The van der Waals surface area contributed by atoms with Gasteiger partial charge in [0.2, 0.25) is 0 Å². The van der Waals surface area contributed by atoms with Gasteiger partial charge in [-0.25, -0.2) is 0 Å². The van der Waals surface area contributed by atoms with Gasteiger partial charge >= 0.3 is 0 Å². The molecule has 1 rings (SSSR count). The highest BCUT2D eigenvalue weighted by molar-refractivity contribution is 4.64. The Morgan fingerprint density at radius 2 is 2.30 bits per heavy atom. The van der Waals surface area contributed by atoms with Crippen LogP contribution in [0.5, 0.6) is 0 Å². The molecule has 1 unspecified atom stereocenters. The van der Waals surface area contributed by atoms with Crippen LogP contribution in [0, 0.1) is 0 Å². The van der Waals surface area contributed by atoms with E-state index < -0.39 is 0 Å². The lowest BCUT2D eigenvalue weighted by Crippen LogP contribution is -2.06. The Morgan fingerprint density at radius 3 is 2.90 bits per heavy atom. The van der Waals surface area contributed by atoms with Crippen molar-refractivity contribution in [1.82, 2.24) is 0 Å². The van der Waals surface area contributed by atoms with Crippen LogP contribution in [0.2, 0.25) is 0 Å². The molecule has 2 N–H and O–H groups in total. The van der Waals surface area contributed by atoms with Gasteiger partial charge in [0.1, 0.15) is 0 Å². The molecular formula is C8H17NO. The molecule has 1 aliphatic rings. The molecule has 2 heteroatoms. The molecule has 1 heterocycles. The van der Waals surface area contributed by atoms with Gasteiger partial charge < -0.3 is 10.5 Å². The number of hydrogen-bond donors (Lipinski definition) is 1. The molecule has 1 fully saturated rings. The second-order valence-electron chi connectivity index (χ2n) is 2.92. The second-order valence-corrected chi connectivity index (χ2v) is 2.92. The van der Waals surface area contributed by atoms with Crippen LogP contribution in [-0.4, -0.2) is 19.3 Å². The van der Waals surface area contributed by atoms with Gasteiger partial charge in [-0.05, 0) is 38.6 Å². The molecule has 0 aromatic heterocycles. The molecule has 0 aliphatic carbocycles. The summed E-state index contributed by atoms with van der Waals surface area (Å²) < 4.78 is 5.46. The van der Waals surface area contributed by atoms with Crippen molar-refractivity contribution in [3.05, 3.63) is 0 Å². The number of rotatable bonds is 4. The van der Waals surface area contributed by atoms with E-state index in [4.69, 9.17) is 10.5 Å². The molecular weight excluding hydrogens is 126 g/mol. The van der Waals surface area contributed by atoms with Crippen molar-refractivity contribution in [1.29, 1.82) is 0 Å². The molecule has 1 atom stereocenters. The predicted molar refractivity (Wildman–Crippen MR) is 41.9 cm³/mol. The third kappa shape index (κ3) is 2.67. The smallest absolute Gasteiger partial charge is 0.0576 e. The van der Waals surface area contributed by atoms with Crippen molar-refractivity contribution in [3.8, 4) is 0 Å². The minimum absolute atomic E-state index is 0.562. The summed E-state index contributed by atoms with van der Waals surface area (Å²) in [5.41, 5.74) is 5.37. The first-order valence-electron chi connectivity index (χ1n) is 4.25. The monoisotopic (exact) mass is 143 g/mol. The number of hydrogen-bond acceptors (Lipinski definition) is 2. The molecule has 0 aromatic rings. The summed E-state index contributed by atoms with van der Waals surface area (Å²) in [5.74, 6) is 0. The van der Waals surface area contributed by atoms with Crippen LogP contribution in [0.15, 0.2) is 0 Å². The quantitative estimate of drug-likeness (QED) is 0.602. The highest BCUT2D eigenvalue weighted by atomic mass is 16.5. The molecule has 1 aliphatic heterocycles. The van der Waals surface area contributed by atoms with E-state index in [9.17, 15) is 0 Å². The van der Waals surface area contributed by atoms with Gasteiger partial charge in [-0.1, -0.05) is 0 Å². The third-order valence-corrected chi connectivity index (χ3v) is 2.00. The van der Waals surface area contributed by atoms with Crippen molar-refractivity contribution in [2.45, 2.75) is 38.2 Å². The number of nitrogens with two attached hydrogens (primary N) is 1. The largest absolute Gasteiger partial charge is 0.378 e. The van der Waals surface area contributed by atoms with Crippen molar-refractivity contribution >= 4 is 0 Å². The number of unbranched alkanes of at least 4 members (excludes halogenated alkanes) is 1. The van der Waals surface area contributed by atoms with Crippen molar-refractivity contribution < 1.29 is 4.74 Å². The van der Waals surface area contributed by atoms with E-state index in [2.05, 4.69) is 0 Å². The standard InChI is InChI=1S/C8H17NO/c9-6-2-1-4-8-5-3-7-10-8/h8H,1-7,9H2. The first kappa shape index (κ1) is 8.02. The molecule has 0 radical (unpaired) electrons. The van der Waals surface area contributed by atoms with Crippen molar-refractivity contribution in [3.63, 3.8) is 0 Å². The minimum Gasteiger partial charge on any atom is -0.378 e. The molecule has 0 amide bonds. The van der Waals surface area contributed by atoms with Crippen LogP contribution in [0.1, 0.15) is 32.1 Å². The van der Waals surface area contributed by atoms with Gasteiger partial charge in [0, 0.05) is 6.61 Å². The van der Waals surface area contributed by atoms with Gasteiger partial charge in [0.05, 0.1) is 6.10 Å². The fourth-order valence-electron chi connectivity index (χ4n) is 1.39. The lowest BCUT2D eigenvalue weighted by Gasteiger charge is -2.06. The van der Waals surface area contributed by atoms with Crippen LogP contribution in [0.25, 0.3) is 0 Å². The van der Waals surface area contributed by atoms with Crippen LogP contribution in [0.4, 0.5) is 0 Å². The van der Waals surface area contributed by atoms with E-state index in [0.29, 0.717) is 6.10 Å². The zero-order chi connectivity index (χ0) is 7.23. The van der Waals surface area contributed by atoms with Crippen LogP contribution >= 0.6 is 0 Å². The zero-order valence-corrected chi connectivity index (χ0v) is 6.51. The molecule has 0 saturated carbocycles. The summed E-state index contributed by atoms with van der Waals surface area (Å²) in [5, 5.41) is 0. The summed E-state index contributed by atoms with van der Waals surface area (Å²) >= 11 is 0. The fraction of sp³-hybridized carbons (Fsp3) is 1.00. The van der Waals surface area contributed by atoms with Gasteiger partial charge in [0.25, 0.3) is 0 Å². The Hall–Kier alpha value is -0.0800. The third-order valence-electron chi connectivity index (χ3n) is 2.00. The Balaban J connectivity index is 1.91. The first-order chi connectivity index (χ1) is 4.93. The van der Waals surface area contributed by atoms with Crippen molar-refractivity contribution in [2.75, 3.05) is 13.2 Å². The molecule has 0 aromatic carbocycles. The summed E-state index contributed by atoms with van der Waals surface area (Å²) in [6.45, 7) is 1.81. The average molecular weight is 143 g/mol. The molecule has 0 spiro atoms. The predicted octanol–water partition coefficient (Wildman–Crippen LogP) is 1.29. The molecule has 1 saturated heterocycles. The summed E-state index contributed by atoms with van der Waals surface area (Å²) in [4.78, 5) is 0. The van der Waals surface area contributed by atoms with Gasteiger partial charge in [-0.15, -0.1) is 0 Å². The van der Waals surface area contributed by atoms with E-state index in [1.807, 2.05) is 0 Å². The van der Waals surface area contributed by atoms with E-state index in [1.54, 1.807) is 0 Å². The molecule has 2 nitrogen and oxygen atoms in total. The zero-order valence-electron chi connectivity index (χ0n) is 6.51. The SMILES string of the molecule is NCCCCC1CCCO1. The van der Waals surface area contributed by atoms with Crippen LogP contribution in [-0.2, 0) is 4.74 Å². The summed E-state index contributed by atoms with van der Waals surface area (Å²) in [6.07, 6.45) is 6.70.